The fraction of sp³-hybridized carbons (Fsp3) is 0.190. The highest BCUT2D eigenvalue weighted by Gasteiger charge is 2.14. The van der Waals surface area contributed by atoms with E-state index in [9.17, 15) is 4.79 Å². The summed E-state index contributed by atoms with van der Waals surface area (Å²) < 4.78 is 0. The van der Waals surface area contributed by atoms with Crippen LogP contribution in [0, 0.1) is 0 Å². The van der Waals surface area contributed by atoms with Crippen molar-refractivity contribution in [1.82, 2.24) is 15.3 Å². The molecule has 0 saturated heterocycles. The van der Waals surface area contributed by atoms with Crippen LogP contribution in [-0.4, -0.2) is 15.9 Å². The number of carbonyl (C=O) groups is 1. The maximum Gasteiger partial charge on any atom is 0.270 e. The quantitative estimate of drug-likeness (QED) is 0.704. The molecule has 2 unspecified atom stereocenters. The third-order valence-corrected chi connectivity index (χ3v) is 4.21. The Morgan fingerprint density at radius 3 is 2.04 bits per heavy atom. The lowest BCUT2D eigenvalue weighted by atomic mass is 10.1. The van der Waals surface area contributed by atoms with Gasteiger partial charge in [-0.2, -0.15) is 0 Å². The molecule has 0 bridgehead atoms. The lowest BCUT2D eigenvalue weighted by molar-refractivity contribution is 0.0934. The van der Waals surface area contributed by atoms with Crippen molar-refractivity contribution < 1.29 is 4.79 Å². The predicted octanol–water partition coefficient (Wildman–Crippen LogP) is 4.14. The van der Waals surface area contributed by atoms with Crippen molar-refractivity contribution in [2.45, 2.75) is 25.9 Å². The molecule has 1 amide bonds. The molecule has 26 heavy (non-hydrogen) atoms. The first-order valence-electron chi connectivity index (χ1n) is 8.63. The van der Waals surface area contributed by atoms with Crippen molar-refractivity contribution >= 4 is 11.7 Å². The number of hydrogen-bond acceptors (Lipinski definition) is 4. The number of amides is 1. The van der Waals surface area contributed by atoms with Crippen LogP contribution in [0.25, 0.3) is 0 Å². The van der Waals surface area contributed by atoms with Crippen LogP contribution in [0.3, 0.4) is 0 Å². The third-order valence-electron chi connectivity index (χ3n) is 4.21. The van der Waals surface area contributed by atoms with Gasteiger partial charge in [0.2, 0.25) is 0 Å². The van der Waals surface area contributed by atoms with Crippen LogP contribution >= 0.6 is 0 Å². The molecule has 3 aromatic rings. The molecule has 5 heteroatoms. The summed E-state index contributed by atoms with van der Waals surface area (Å²) in [6, 6.07) is 21.6. The Morgan fingerprint density at radius 2 is 1.42 bits per heavy atom. The molecule has 0 aliphatic rings. The van der Waals surface area contributed by atoms with Crippen molar-refractivity contribution in [3.8, 4) is 0 Å². The molecule has 0 fully saturated rings. The molecule has 0 saturated carbocycles. The van der Waals surface area contributed by atoms with Crippen LogP contribution < -0.4 is 10.6 Å². The molecule has 2 atom stereocenters. The van der Waals surface area contributed by atoms with Gasteiger partial charge in [-0.25, -0.2) is 9.97 Å². The molecular formula is C21H22N4O. The average molecular weight is 346 g/mol. The first-order valence-corrected chi connectivity index (χ1v) is 8.63. The van der Waals surface area contributed by atoms with Crippen LogP contribution in [0.5, 0.6) is 0 Å². The van der Waals surface area contributed by atoms with Gasteiger partial charge in [-0.1, -0.05) is 60.7 Å². The predicted molar refractivity (Wildman–Crippen MR) is 103 cm³/mol. The summed E-state index contributed by atoms with van der Waals surface area (Å²) in [6.07, 6.45) is 1.40. The second-order valence-electron chi connectivity index (χ2n) is 6.17. The van der Waals surface area contributed by atoms with Crippen molar-refractivity contribution in [3.05, 3.63) is 89.9 Å². The summed E-state index contributed by atoms with van der Waals surface area (Å²) in [5.74, 6) is 0.396. The van der Waals surface area contributed by atoms with Crippen LogP contribution in [0.4, 0.5) is 5.82 Å². The Kier molecular flexibility index (Phi) is 5.59. The summed E-state index contributed by atoms with van der Waals surface area (Å²) in [4.78, 5) is 20.8. The molecule has 1 heterocycles. The normalized spacial score (nSPS) is 12.8. The van der Waals surface area contributed by atoms with Crippen LogP contribution in [0.1, 0.15) is 47.5 Å². The lowest BCUT2D eigenvalue weighted by Crippen LogP contribution is -2.27. The largest absolute Gasteiger partial charge is 0.363 e. The molecule has 5 nitrogen and oxygen atoms in total. The molecule has 0 spiro atoms. The Morgan fingerprint density at radius 1 is 0.846 bits per heavy atom. The monoisotopic (exact) mass is 346 g/mol. The SMILES string of the molecule is CC(NC(=O)c1cc(NC(C)c2ccccc2)ncn1)c1ccccc1. The second kappa shape index (κ2) is 8.25. The minimum Gasteiger partial charge on any atom is -0.363 e. The Balaban J connectivity index is 1.67. The molecule has 0 radical (unpaired) electrons. The standard InChI is InChI=1S/C21H22N4O/c1-15(17-9-5-3-6-10-17)24-20-13-19(22-14-23-20)21(26)25-16(2)18-11-7-4-8-12-18/h3-16H,1-2H3,(H,25,26)(H,22,23,24). The van der Waals surface area contributed by atoms with E-state index in [0.29, 0.717) is 11.5 Å². The van der Waals surface area contributed by atoms with Crippen molar-refractivity contribution in [2.24, 2.45) is 0 Å². The zero-order valence-corrected chi connectivity index (χ0v) is 14.9. The van der Waals surface area contributed by atoms with Gasteiger partial charge in [0.1, 0.15) is 17.8 Å². The zero-order chi connectivity index (χ0) is 18.4. The van der Waals surface area contributed by atoms with Gasteiger partial charge >= 0.3 is 0 Å². The maximum atomic E-state index is 12.5. The first-order chi connectivity index (χ1) is 12.6. The smallest absolute Gasteiger partial charge is 0.270 e. The van der Waals surface area contributed by atoms with Gasteiger partial charge in [-0.3, -0.25) is 4.79 Å². The minimum absolute atomic E-state index is 0.0743. The number of benzene rings is 2. The molecule has 0 aliphatic heterocycles. The zero-order valence-electron chi connectivity index (χ0n) is 14.9. The fourth-order valence-electron chi connectivity index (χ4n) is 2.70. The molecule has 2 N–H and O–H groups in total. The van der Waals surface area contributed by atoms with Crippen LogP contribution in [0.15, 0.2) is 73.1 Å². The number of aromatic nitrogens is 2. The number of hydrogen-bond donors (Lipinski definition) is 2. The molecule has 1 aromatic heterocycles. The topological polar surface area (TPSA) is 66.9 Å². The number of nitrogens with one attached hydrogen (secondary N) is 2. The van der Waals surface area contributed by atoms with Gasteiger partial charge in [-0.05, 0) is 25.0 Å². The van der Waals surface area contributed by atoms with Gasteiger partial charge in [0.05, 0.1) is 6.04 Å². The maximum absolute atomic E-state index is 12.5. The first kappa shape index (κ1) is 17.6. The van der Waals surface area contributed by atoms with Gasteiger partial charge in [0.15, 0.2) is 0 Å². The summed E-state index contributed by atoms with van der Waals surface area (Å²) in [7, 11) is 0. The van der Waals surface area contributed by atoms with Crippen LogP contribution in [0.2, 0.25) is 0 Å². The molecule has 3 rings (SSSR count). The fourth-order valence-corrected chi connectivity index (χ4v) is 2.70. The Bertz CT molecular complexity index is 852. The summed E-state index contributed by atoms with van der Waals surface area (Å²) in [6.45, 7) is 4.00. The van der Waals surface area contributed by atoms with E-state index in [4.69, 9.17) is 0 Å². The van der Waals surface area contributed by atoms with Gasteiger partial charge in [0, 0.05) is 12.1 Å². The number of rotatable bonds is 6. The second-order valence-corrected chi connectivity index (χ2v) is 6.17. The summed E-state index contributed by atoms with van der Waals surface area (Å²) in [5, 5.41) is 6.28. The molecule has 132 valence electrons. The van der Waals surface area contributed by atoms with E-state index in [0.717, 1.165) is 11.1 Å². The van der Waals surface area contributed by atoms with E-state index in [-0.39, 0.29) is 18.0 Å². The van der Waals surface area contributed by atoms with Crippen molar-refractivity contribution in [3.63, 3.8) is 0 Å². The van der Waals surface area contributed by atoms with E-state index in [2.05, 4.69) is 27.5 Å². The Hall–Kier alpha value is -3.21. The Labute approximate surface area is 153 Å². The van der Waals surface area contributed by atoms with Gasteiger partial charge in [-0.15, -0.1) is 0 Å². The molecule has 0 aliphatic carbocycles. The highest BCUT2D eigenvalue weighted by molar-refractivity contribution is 5.93. The number of nitrogens with zero attached hydrogens (tertiary/aromatic N) is 2. The average Bonchev–Trinajstić information content (AvgIpc) is 2.69. The highest BCUT2D eigenvalue weighted by Crippen LogP contribution is 2.18. The number of anilines is 1. The minimum atomic E-state index is -0.223. The van der Waals surface area contributed by atoms with Crippen molar-refractivity contribution in [2.75, 3.05) is 5.32 Å². The van der Waals surface area contributed by atoms with Crippen molar-refractivity contribution in [1.29, 1.82) is 0 Å². The van der Waals surface area contributed by atoms with E-state index in [1.807, 2.05) is 67.6 Å². The van der Waals surface area contributed by atoms with E-state index < -0.39 is 0 Å². The lowest BCUT2D eigenvalue weighted by Gasteiger charge is -2.16. The van der Waals surface area contributed by atoms with E-state index in [1.165, 1.54) is 6.33 Å². The summed E-state index contributed by atoms with van der Waals surface area (Å²) in [5.41, 5.74) is 2.53. The highest BCUT2D eigenvalue weighted by atomic mass is 16.1. The summed E-state index contributed by atoms with van der Waals surface area (Å²) >= 11 is 0. The third kappa shape index (κ3) is 4.45. The van der Waals surface area contributed by atoms with E-state index >= 15 is 0 Å². The van der Waals surface area contributed by atoms with Gasteiger partial charge < -0.3 is 10.6 Å². The number of carbonyl (C=O) groups excluding carboxylic acids is 1. The van der Waals surface area contributed by atoms with Gasteiger partial charge in [0.25, 0.3) is 5.91 Å². The molecule has 2 aromatic carbocycles. The molecular weight excluding hydrogens is 324 g/mol. The van der Waals surface area contributed by atoms with E-state index in [1.54, 1.807) is 6.07 Å². The van der Waals surface area contributed by atoms with Crippen LogP contribution in [-0.2, 0) is 0 Å².